The first-order chi connectivity index (χ1) is 8.07. The van der Waals surface area contributed by atoms with Gasteiger partial charge in [0.15, 0.2) is 0 Å². The Labute approximate surface area is 108 Å². The Hall–Kier alpha value is -0.380. The maximum atomic E-state index is 10.5. The topological polar surface area (TPSA) is 32.3 Å². The molecule has 0 saturated heterocycles. The van der Waals surface area contributed by atoms with Crippen molar-refractivity contribution in [3.05, 3.63) is 21.9 Å². The normalized spacial score (nSPS) is 29.5. The zero-order chi connectivity index (χ0) is 12.3. The molecule has 96 valence electrons. The minimum Gasteiger partial charge on any atom is -0.389 e. The third-order valence-corrected chi connectivity index (χ3v) is 4.62. The van der Waals surface area contributed by atoms with Crippen LogP contribution in [0.15, 0.2) is 12.1 Å². The molecule has 2 unspecified atom stereocenters. The molecule has 1 aromatic rings. The molecule has 1 fully saturated rings. The molecule has 0 amide bonds. The summed E-state index contributed by atoms with van der Waals surface area (Å²) in [6.45, 7) is 5.99. The molecule has 17 heavy (non-hydrogen) atoms. The van der Waals surface area contributed by atoms with Crippen molar-refractivity contribution >= 4 is 11.3 Å². The number of aliphatic hydroxyl groups is 1. The fourth-order valence-electron chi connectivity index (χ4n) is 2.79. The molecule has 0 aromatic carbocycles. The van der Waals surface area contributed by atoms with Crippen molar-refractivity contribution in [3.8, 4) is 0 Å². The number of rotatable bonds is 4. The van der Waals surface area contributed by atoms with E-state index >= 15 is 0 Å². The maximum Gasteiger partial charge on any atom is 0.0774 e. The summed E-state index contributed by atoms with van der Waals surface area (Å²) < 4.78 is 0. The zero-order valence-corrected chi connectivity index (χ0v) is 11.6. The molecule has 2 atom stereocenters. The van der Waals surface area contributed by atoms with Crippen molar-refractivity contribution < 1.29 is 5.11 Å². The van der Waals surface area contributed by atoms with Crippen LogP contribution < -0.4 is 5.32 Å². The minimum absolute atomic E-state index is 0.468. The quantitative estimate of drug-likeness (QED) is 0.864. The highest BCUT2D eigenvalue weighted by atomic mass is 32.1. The largest absolute Gasteiger partial charge is 0.389 e. The standard InChI is InChI=1S/C14H23NOS/c1-11-4-3-7-14(16,8-11)10-15-9-13-6-5-12(2)17-13/h5-6,11,15-16H,3-4,7-10H2,1-2H3. The van der Waals surface area contributed by atoms with Crippen LogP contribution >= 0.6 is 11.3 Å². The lowest BCUT2D eigenvalue weighted by Crippen LogP contribution is -2.43. The highest BCUT2D eigenvalue weighted by molar-refractivity contribution is 7.11. The van der Waals surface area contributed by atoms with Gasteiger partial charge in [0, 0.05) is 22.8 Å². The van der Waals surface area contributed by atoms with Crippen LogP contribution in [-0.4, -0.2) is 17.3 Å². The Morgan fingerprint density at radius 1 is 1.53 bits per heavy atom. The van der Waals surface area contributed by atoms with Gasteiger partial charge in [-0.3, -0.25) is 0 Å². The Bertz CT molecular complexity index is 363. The van der Waals surface area contributed by atoms with Crippen LogP contribution in [0.5, 0.6) is 0 Å². The third-order valence-electron chi connectivity index (χ3n) is 3.62. The van der Waals surface area contributed by atoms with E-state index in [0.29, 0.717) is 5.92 Å². The summed E-state index contributed by atoms with van der Waals surface area (Å²) in [5.41, 5.74) is -0.468. The Morgan fingerprint density at radius 3 is 3.00 bits per heavy atom. The van der Waals surface area contributed by atoms with E-state index in [1.165, 1.54) is 16.2 Å². The van der Waals surface area contributed by atoms with Gasteiger partial charge in [0.25, 0.3) is 0 Å². The van der Waals surface area contributed by atoms with Crippen LogP contribution in [0.25, 0.3) is 0 Å². The maximum absolute atomic E-state index is 10.5. The number of nitrogens with one attached hydrogen (secondary N) is 1. The number of thiophene rings is 1. The second kappa shape index (κ2) is 5.51. The average molecular weight is 253 g/mol. The van der Waals surface area contributed by atoms with Crippen molar-refractivity contribution in [3.63, 3.8) is 0 Å². The highest BCUT2D eigenvalue weighted by Crippen LogP contribution is 2.31. The van der Waals surface area contributed by atoms with E-state index in [9.17, 15) is 5.11 Å². The van der Waals surface area contributed by atoms with E-state index in [2.05, 4.69) is 31.3 Å². The highest BCUT2D eigenvalue weighted by Gasteiger charge is 2.31. The van der Waals surface area contributed by atoms with E-state index in [-0.39, 0.29) is 0 Å². The summed E-state index contributed by atoms with van der Waals surface area (Å²) in [6.07, 6.45) is 4.33. The molecular weight excluding hydrogens is 230 g/mol. The molecule has 2 rings (SSSR count). The molecule has 1 heterocycles. The van der Waals surface area contributed by atoms with Gasteiger partial charge in [-0.15, -0.1) is 11.3 Å². The summed E-state index contributed by atoms with van der Waals surface area (Å²) in [4.78, 5) is 2.71. The molecule has 1 aliphatic rings. The van der Waals surface area contributed by atoms with Gasteiger partial charge in [-0.05, 0) is 37.8 Å². The van der Waals surface area contributed by atoms with E-state index in [1.54, 1.807) is 0 Å². The van der Waals surface area contributed by atoms with E-state index in [4.69, 9.17) is 0 Å². The monoisotopic (exact) mass is 253 g/mol. The van der Waals surface area contributed by atoms with Gasteiger partial charge in [0.2, 0.25) is 0 Å². The molecule has 2 nitrogen and oxygen atoms in total. The molecule has 1 aliphatic carbocycles. The summed E-state index contributed by atoms with van der Waals surface area (Å²) in [7, 11) is 0. The van der Waals surface area contributed by atoms with Crippen LogP contribution in [0.1, 0.15) is 42.4 Å². The molecule has 3 heteroatoms. The minimum atomic E-state index is -0.468. The van der Waals surface area contributed by atoms with Crippen molar-refractivity contribution in [1.29, 1.82) is 0 Å². The first-order valence-electron chi connectivity index (χ1n) is 6.56. The first kappa shape index (κ1) is 13.1. The second-order valence-corrected chi connectivity index (χ2v) is 6.91. The summed E-state index contributed by atoms with van der Waals surface area (Å²) >= 11 is 1.83. The van der Waals surface area contributed by atoms with Gasteiger partial charge < -0.3 is 10.4 Å². The first-order valence-corrected chi connectivity index (χ1v) is 7.37. The van der Waals surface area contributed by atoms with Gasteiger partial charge in [0.05, 0.1) is 5.60 Å². The molecule has 0 bridgehead atoms. The van der Waals surface area contributed by atoms with Gasteiger partial charge >= 0.3 is 0 Å². The number of aryl methyl sites for hydroxylation is 1. The molecule has 0 radical (unpaired) electrons. The van der Waals surface area contributed by atoms with Crippen LogP contribution in [0, 0.1) is 12.8 Å². The third kappa shape index (κ3) is 3.80. The van der Waals surface area contributed by atoms with E-state index in [1.807, 2.05) is 11.3 Å². The molecule has 0 aliphatic heterocycles. The summed E-state index contributed by atoms with van der Waals surface area (Å²) in [5.74, 6) is 0.666. The fourth-order valence-corrected chi connectivity index (χ4v) is 3.65. The van der Waals surface area contributed by atoms with Crippen molar-refractivity contribution in [2.24, 2.45) is 5.92 Å². The van der Waals surface area contributed by atoms with Crippen LogP contribution in [0.4, 0.5) is 0 Å². The fraction of sp³-hybridized carbons (Fsp3) is 0.714. The van der Waals surface area contributed by atoms with Crippen molar-refractivity contribution in [2.75, 3.05) is 6.54 Å². The lowest BCUT2D eigenvalue weighted by molar-refractivity contribution is -0.0118. The molecule has 1 saturated carbocycles. The molecule has 2 N–H and O–H groups in total. The van der Waals surface area contributed by atoms with Crippen LogP contribution in [0.2, 0.25) is 0 Å². The summed E-state index contributed by atoms with van der Waals surface area (Å²) in [5, 5.41) is 13.9. The zero-order valence-electron chi connectivity index (χ0n) is 10.8. The van der Waals surface area contributed by atoms with Gasteiger partial charge in [-0.25, -0.2) is 0 Å². The second-order valence-electron chi connectivity index (χ2n) is 5.54. The smallest absolute Gasteiger partial charge is 0.0774 e. The SMILES string of the molecule is Cc1ccc(CNCC2(O)CCCC(C)C2)s1. The van der Waals surface area contributed by atoms with Gasteiger partial charge in [0.1, 0.15) is 0 Å². The predicted octanol–water partition coefficient (Wildman–Crippen LogP) is 3.09. The van der Waals surface area contributed by atoms with Crippen LogP contribution in [0.3, 0.4) is 0 Å². The number of hydrogen-bond acceptors (Lipinski definition) is 3. The van der Waals surface area contributed by atoms with Gasteiger partial charge in [-0.2, -0.15) is 0 Å². The van der Waals surface area contributed by atoms with E-state index in [0.717, 1.165) is 32.4 Å². The Kier molecular flexibility index (Phi) is 4.23. The lowest BCUT2D eigenvalue weighted by atomic mass is 9.79. The Balaban J connectivity index is 1.77. The predicted molar refractivity (Wildman–Crippen MR) is 73.3 cm³/mol. The van der Waals surface area contributed by atoms with Crippen molar-refractivity contribution in [1.82, 2.24) is 5.32 Å². The molecular formula is C14H23NOS. The molecule has 0 spiro atoms. The lowest BCUT2D eigenvalue weighted by Gasteiger charge is -2.35. The van der Waals surface area contributed by atoms with Crippen molar-refractivity contribution in [2.45, 2.75) is 51.7 Å². The Morgan fingerprint density at radius 2 is 2.35 bits per heavy atom. The molecule has 1 aromatic heterocycles. The van der Waals surface area contributed by atoms with Gasteiger partial charge in [-0.1, -0.05) is 19.8 Å². The van der Waals surface area contributed by atoms with Crippen LogP contribution in [-0.2, 0) is 6.54 Å². The number of hydrogen-bond donors (Lipinski definition) is 2. The summed E-state index contributed by atoms with van der Waals surface area (Å²) in [6, 6.07) is 4.32. The average Bonchev–Trinajstić information content (AvgIpc) is 2.63. The van der Waals surface area contributed by atoms with E-state index < -0.39 is 5.60 Å².